The van der Waals surface area contributed by atoms with Crippen molar-refractivity contribution >= 4 is 22.8 Å². The number of nitrogens with zero attached hydrogens (tertiary/aromatic N) is 16. The summed E-state index contributed by atoms with van der Waals surface area (Å²) in [6, 6.07) is 0. The van der Waals surface area contributed by atoms with Crippen molar-refractivity contribution in [2.45, 2.75) is 221 Å². The monoisotopic (exact) mass is 1290 g/mol. The second-order valence-corrected chi connectivity index (χ2v) is 26.9. The van der Waals surface area contributed by atoms with Crippen molar-refractivity contribution in [1.29, 1.82) is 0 Å². The molecule has 18 heteroatoms. The first-order valence-electron chi connectivity index (χ1n) is 32.2. The lowest BCUT2D eigenvalue weighted by Crippen LogP contribution is -2.39. The van der Waals surface area contributed by atoms with Gasteiger partial charge in [0.05, 0.1) is 52.6 Å². The van der Waals surface area contributed by atoms with Crippen LogP contribution >= 0.6 is 11.3 Å². The Balaban J connectivity index is 0.000000518. The normalized spacial score (nSPS) is 11.5. The van der Waals surface area contributed by atoms with Crippen LogP contribution < -0.4 is 36.8 Å². The molecule has 0 saturated carbocycles. The van der Waals surface area contributed by atoms with Gasteiger partial charge in [0.15, 0.2) is 54.0 Å². The van der Waals surface area contributed by atoms with Gasteiger partial charge in [-0.15, -0.1) is 9.36 Å². The van der Waals surface area contributed by atoms with Gasteiger partial charge in [-0.2, -0.15) is 27.5 Å². The fraction of sp³-hybridized carbons (Fsp3) is 0.595. The summed E-state index contributed by atoms with van der Waals surface area (Å²) in [4.78, 5) is 10.2. The molecular formula is C74H130N16OS+10. The number of aryl methyl sites for hydroxylation is 12. The number of rotatable bonds is 0. The Morgan fingerprint density at radius 2 is 0.815 bits per heavy atom. The number of hydrogen-bond acceptors (Lipinski definition) is 6. The topological polar surface area (TPSA) is 112 Å². The second kappa shape index (κ2) is 35.3. The van der Waals surface area contributed by atoms with Crippen LogP contribution in [0.25, 0.3) is 0 Å². The summed E-state index contributed by atoms with van der Waals surface area (Å²) in [5.41, 5.74) is 29.9. The fourth-order valence-corrected chi connectivity index (χ4v) is 11.1. The van der Waals surface area contributed by atoms with E-state index in [0.29, 0.717) is 6.17 Å². The Morgan fingerprint density at radius 1 is 0.380 bits per heavy atom. The number of aromatic nitrogens is 14. The van der Waals surface area contributed by atoms with Gasteiger partial charge >= 0.3 is 12.1 Å². The van der Waals surface area contributed by atoms with E-state index in [2.05, 4.69) is 263 Å². The van der Waals surface area contributed by atoms with Crippen LogP contribution in [0.1, 0.15) is 178 Å². The van der Waals surface area contributed by atoms with E-state index in [1.54, 1.807) is 0 Å². The molecule has 0 fully saturated rings. The fourth-order valence-electron chi connectivity index (χ4n) is 10.1. The molecule has 0 bridgehead atoms. The maximum atomic E-state index is 5.31. The van der Waals surface area contributed by atoms with Gasteiger partial charge in [-0.25, -0.2) is 18.7 Å². The first kappa shape index (κ1) is 82.9. The van der Waals surface area contributed by atoms with Crippen LogP contribution in [0.15, 0.2) is 4.42 Å². The highest BCUT2D eigenvalue weighted by Crippen LogP contribution is 2.16. The first-order chi connectivity index (χ1) is 42.1. The molecule has 0 saturated heterocycles. The third-order valence-electron chi connectivity index (χ3n) is 21.0. The third kappa shape index (κ3) is 20.5. The molecule has 8 aromatic rings. The van der Waals surface area contributed by atoms with E-state index >= 15 is 0 Å². The molecule has 9 rings (SSSR count). The van der Waals surface area contributed by atoms with E-state index in [1.165, 1.54) is 123 Å². The number of oxazole rings is 1. The smallest absolute Gasteiger partial charge is 0.343 e. The molecule has 0 unspecified atom stereocenters. The molecular weight excluding hydrogens is 1160 g/mol. The lowest BCUT2D eigenvalue weighted by Gasteiger charge is -2.09. The van der Waals surface area contributed by atoms with Gasteiger partial charge in [0.1, 0.15) is 65.1 Å². The Bertz CT molecular complexity index is 3350. The van der Waals surface area contributed by atoms with Crippen LogP contribution in [0.5, 0.6) is 0 Å². The van der Waals surface area contributed by atoms with E-state index in [4.69, 9.17) is 4.42 Å². The quantitative estimate of drug-likeness (QED) is 0.141. The van der Waals surface area contributed by atoms with Crippen LogP contribution in [0, 0.1) is 194 Å². The van der Waals surface area contributed by atoms with Gasteiger partial charge in [0, 0.05) is 144 Å². The van der Waals surface area contributed by atoms with Gasteiger partial charge in [-0.3, -0.25) is 0 Å². The molecule has 0 N–H and O–H groups in total. The highest BCUT2D eigenvalue weighted by atomic mass is 32.1. The van der Waals surface area contributed by atoms with Crippen molar-refractivity contribution in [1.82, 2.24) is 29.5 Å². The van der Waals surface area contributed by atoms with Crippen molar-refractivity contribution in [2.75, 3.05) is 14.1 Å². The van der Waals surface area contributed by atoms with Crippen molar-refractivity contribution in [3.05, 3.63) is 158 Å². The van der Waals surface area contributed by atoms with Crippen LogP contribution in [0.4, 0.5) is 0 Å². The van der Waals surface area contributed by atoms with E-state index in [9.17, 15) is 0 Å². The second-order valence-electron chi connectivity index (χ2n) is 25.5. The summed E-state index contributed by atoms with van der Waals surface area (Å²) >= 11 is 1.86. The van der Waals surface area contributed by atoms with Gasteiger partial charge in [-0.1, -0.05) is 21.0 Å². The van der Waals surface area contributed by atoms with E-state index in [-0.39, 0.29) is 0 Å². The molecule has 0 aliphatic carbocycles. The summed E-state index contributed by atoms with van der Waals surface area (Å²) in [6.07, 6.45) is 0.528. The Labute approximate surface area is 562 Å². The first-order valence-corrected chi connectivity index (χ1v) is 33.1. The molecule has 0 atom stereocenters. The van der Waals surface area contributed by atoms with Gasteiger partial charge < -0.3 is 4.42 Å². The summed E-state index contributed by atoms with van der Waals surface area (Å²) in [7, 11) is 24.7. The lowest BCUT2D eigenvalue weighted by atomic mass is 10.0. The predicted molar refractivity (Wildman–Crippen MR) is 376 cm³/mol. The van der Waals surface area contributed by atoms with E-state index in [1.807, 2.05) is 123 Å². The third-order valence-corrected chi connectivity index (χ3v) is 22.1. The van der Waals surface area contributed by atoms with Gasteiger partial charge in [0.25, 0.3) is 11.6 Å². The molecule has 0 aromatic carbocycles. The number of pyridine rings is 1. The van der Waals surface area contributed by atoms with Crippen LogP contribution in [0.3, 0.4) is 0 Å². The summed E-state index contributed by atoms with van der Waals surface area (Å²) in [5, 5.41) is 9.92. The standard InChI is InChI=1S/C11H18N.3C9H15N2.C8H16N2.C8H15N2.C7H12NO.C7H12NS.C6H12N3/c1-7-8(2)10(4)12(6)11(5)9(7)3;1-6-8(3)11(5)9(4)7(2)10-6;1-6-7(2)10-9(4)11(5)8(6)3;1-6-7(2)9(4)11(5)10-8(6)3;1-6-7(2)10(5)8(3)9(6)4;1-6-7(2)9(4)10(5)8(6)3;2*1-5-6(2)9-7(3)8(5)4;1-5-7-9(4)6(2)8(5)3/h1-6H3;3*1-5H3;8H,1-5H3;1-5H3;3*1-4H3/q4*+1;+2;4*+1. The largest absolute Gasteiger partial charge is 0.407 e. The lowest BCUT2D eigenvalue weighted by molar-refractivity contribution is -0.756. The molecule has 0 radical (unpaired) electrons. The van der Waals surface area contributed by atoms with Crippen molar-refractivity contribution < 1.29 is 50.3 Å². The zero-order chi connectivity index (χ0) is 72.1. The number of hydrogen-bond donors (Lipinski definition) is 0. The summed E-state index contributed by atoms with van der Waals surface area (Å²) in [6.45, 7) is 65.3. The minimum Gasteiger partial charge on any atom is -0.407 e. The highest BCUT2D eigenvalue weighted by molar-refractivity contribution is 7.11. The Kier molecular flexibility index (Phi) is 31.8. The molecule has 0 spiro atoms. The van der Waals surface area contributed by atoms with Crippen LogP contribution in [0.2, 0.25) is 0 Å². The van der Waals surface area contributed by atoms with Crippen molar-refractivity contribution in [3.63, 3.8) is 0 Å². The average molecular weight is 1290 g/mol. The SMILES string of the molecule is CC1=[N+](C)C(C)[N+](C)=C1C.Cc1c(C)c(C)[n+](C)c(C)c1C.Cc1c(C)n(C)[n+](C)c1C.Cc1n[n+](C)c(C)c(C)c1C.Cc1nc(C)[n+](C)c(C)c1C.Cc1nc(C)c(C)[n+](C)c1C.Cc1nn(C)c(C)[n+]1C.Cc1oc(C)[n+](C)c1C.Cc1sc(C)[n+](C)c1C. The molecule has 1 aliphatic heterocycles. The molecule has 1 aliphatic rings. The highest BCUT2D eigenvalue weighted by Gasteiger charge is 2.34. The maximum absolute atomic E-state index is 5.31. The molecule has 508 valence electrons. The van der Waals surface area contributed by atoms with Crippen LogP contribution in [-0.2, 0) is 70.5 Å². The van der Waals surface area contributed by atoms with Crippen molar-refractivity contribution in [2.24, 2.45) is 70.5 Å². The average Bonchev–Trinajstić information content (AvgIpc) is 1.62. The zero-order valence-electron chi connectivity index (χ0n) is 66.5. The minimum absolute atomic E-state index is 0.528. The zero-order valence-corrected chi connectivity index (χ0v) is 67.4. The number of thiazole rings is 1. The summed E-state index contributed by atoms with van der Waals surface area (Å²) < 4.78 is 30.9. The Morgan fingerprint density at radius 3 is 1.09 bits per heavy atom. The van der Waals surface area contributed by atoms with Gasteiger partial charge in [0.2, 0.25) is 39.3 Å². The summed E-state index contributed by atoms with van der Waals surface area (Å²) in [5.74, 6) is 5.27. The maximum Gasteiger partial charge on any atom is 0.343 e. The van der Waals surface area contributed by atoms with Crippen molar-refractivity contribution in [3.8, 4) is 0 Å². The minimum atomic E-state index is 0.528. The molecule has 92 heavy (non-hydrogen) atoms. The predicted octanol–water partition coefficient (Wildman–Crippen LogP) is 9.19. The molecule has 17 nitrogen and oxygen atoms in total. The molecule has 9 heterocycles. The molecule has 8 aromatic heterocycles. The Hall–Kier alpha value is -7.08. The molecule has 0 amide bonds. The van der Waals surface area contributed by atoms with E-state index in [0.717, 1.165) is 46.1 Å². The van der Waals surface area contributed by atoms with Gasteiger partial charge in [-0.05, 0) is 106 Å². The van der Waals surface area contributed by atoms with Crippen LogP contribution in [-0.4, -0.2) is 70.4 Å². The van der Waals surface area contributed by atoms with E-state index < -0.39 is 0 Å².